The molecule has 0 aromatic carbocycles. The summed E-state index contributed by atoms with van der Waals surface area (Å²) in [6.07, 6.45) is 5.26. The Hall–Kier alpha value is -0.570. The molecule has 0 aromatic heterocycles. The third-order valence-corrected chi connectivity index (χ3v) is 4.79. The molecule has 1 N–H and O–H groups in total. The molecule has 2 unspecified atom stereocenters. The molecule has 0 aromatic rings. The van der Waals surface area contributed by atoms with Crippen molar-refractivity contribution in [2.45, 2.75) is 72.8 Å². The van der Waals surface area contributed by atoms with E-state index < -0.39 is 5.97 Å². The summed E-state index contributed by atoms with van der Waals surface area (Å²) in [4.78, 5) is 13.6. The van der Waals surface area contributed by atoms with Gasteiger partial charge in [-0.2, -0.15) is 0 Å². The highest BCUT2D eigenvalue weighted by Crippen LogP contribution is 2.30. The average molecular weight is 297 g/mol. The second-order valence-corrected chi connectivity index (χ2v) is 7.89. The molecule has 124 valence electrons. The van der Waals surface area contributed by atoms with Crippen LogP contribution in [0.3, 0.4) is 0 Å². The van der Waals surface area contributed by atoms with Crippen LogP contribution in [-0.2, 0) is 4.79 Å². The number of carboxylic acid groups (broad SMARTS) is 1. The molecule has 0 saturated carbocycles. The van der Waals surface area contributed by atoms with Crippen molar-refractivity contribution >= 4 is 5.97 Å². The number of likely N-dealkylation sites (tertiary alicyclic amines) is 1. The maximum atomic E-state index is 10.9. The van der Waals surface area contributed by atoms with Gasteiger partial charge in [0.15, 0.2) is 0 Å². The Labute approximate surface area is 131 Å². The summed E-state index contributed by atoms with van der Waals surface area (Å²) < 4.78 is 0. The van der Waals surface area contributed by atoms with Crippen molar-refractivity contribution in [2.75, 3.05) is 13.1 Å². The highest BCUT2D eigenvalue weighted by Gasteiger charge is 2.30. The molecule has 1 fully saturated rings. The highest BCUT2D eigenvalue weighted by molar-refractivity contribution is 5.67. The lowest BCUT2D eigenvalue weighted by Gasteiger charge is -2.41. The lowest BCUT2D eigenvalue weighted by atomic mass is 9.83. The normalized spacial score (nSPS) is 22.2. The van der Waals surface area contributed by atoms with Crippen molar-refractivity contribution in [1.29, 1.82) is 0 Å². The first kappa shape index (κ1) is 18.5. The summed E-state index contributed by atoms with van der Waals surface area (Å²) in [5.74, 6) is 1.65. The average Bonchev–Trinajstić information content (AvgIpc) is 2.36. The second kappa shape index (κ2) is 8.77. The van der Waals surface area contributed by atoms with Crippen LogP contribution in [0.4, 0.5) is 0 Å². The fourth-order valence-corrected chi connectivity index (χ4v) is 3.76. The minimum Gasteiger partial charge on any atom is -0.481 e. The van der Waals surface area contributed by atoms with Crippen LogP contribution in [0, 0.1) is 23.7 Å². The Morgan fingerprint density at radius 2 is 1.71 bits per heavy atom. The molecule has 1 aliphatic rings. The number of aliphatic carboxylic acids is 1. The monoisotopic (exact) mass is 297 g/mol. The van der Waals surface area contributed by atoms with Crippen molar-refractivity contribution in [3.05, 3.63) is 0 Å². The van der Waals surface area contributed by atoms with Crippen LogP contribution in [0.25, 0.3) is 0 Å². The van der Waals surface area contributed by atoms with Gasteiger partial charge in [-0.05, 0) is 55.9 Å². The van der Waals surface area contributed by atoms with E-state index >= 15 is 0 Å². The van der Waals surface area contributed by atoms with Gasteiger partial charge in [0.1, 0.15) is 0 Å². The van der Waals surface area contributed by atoms with Crippen LogP contribution in [-0.4, -0.2) is 35.1 Å². The van der Waals surface area contributed by atoms with Gasteiger partial charge in [0.05, 0.1) is 0 Å². The molecule has 1 heterocycles. The van der Waals surface area contributed by atoms with Gasteiger partial charge in [0, 0.05) is 19.0 Å². The van der Waals surface area contributed by atoms with Gasteiger partial charge >= 0.3 is 5.97 Å². The Kier molecular flexibility index (Phi) is 7.72. The molecule has 0 amide bonds. The molecule has 3 heteroatoms. The largest absolute Gasteiger partial charge is 0.481 e. The van der Waals surface area contributed by atoms with Gasteiger partial charge in [-0.25, -0.2) is 0 Å². The molecule has 2 atom stereocenters. The summed E-state index contributed by atoms with van der Waals surface area (Å²) in [7, 11) is 0. The van der Waals surface area contributed by atoms with Crippen LogP contribution in [0.5, 0.6) is 0 Å². The van der Waals surface area contributed by atoms with Crippen molar-refractivity contribution in [3.63, 3.8) is 0 Å². The summed E-state index contributed by atoms with van der Waals surface area (Å²) in [6, 6.07) is 0.671. The van der Waals surface area contributed by atoms with Crippen LogP contribution in [0.15, 0.2) is 0 Å². The fourth-order valence-electron chi connectivity index (χ4n) is 3.76. The minimum atomic E-state index is -0.652. The lowest BCUT2D eigenvalue weighted by Crippen LogP contribution is -2.45. The van der Waals surface area contributed by atoms with Gasteiger partial charge in [-0.3, -0.25) is 4.79 Å². The van der Waals surface area contributed by atoms with E-state index in [-0.39, 0.29) is 0 Å². The summed E-state index contributed by atoms with van der Waals surface area (Å²) in [5.41, 5.74) is 0. The first-order valence-corrected chi connectivity index (χ1v) is 8.75. The van der Waals surface area contributed by atoms with E-state index in [0.29, 0.717) is 24.3 Å². The van der Waals surface area contributed by atoms with Crippen LogP contribution in [0.2, 0.25) is 0 Å². The number of hydrogen-bond acceptors (Lipinski definition) is 2. The summed E-state index contributed by atoms with van der Waals surface area (Å²) in [6.45, 7) is 13.6. The molecule has 0 radical (unpaired) electrons. The molecule has 3 nitrogen and oxygen atoms in total. The zero-order chi connectivity index (χ0) is 16.0. The Bertz CT molecular complexity index is 304. The van der Waals surface area contributed by atoms with E-state index in [9.17, 15) is 4.79 Å². The van der Waals surface area contributed by atoms with Crippen molar-refractivity contribution in [3.8, 4) is 0 Å². The zero-order valence-electron chi connectivity index (χ0n) is 14.6. The molecule has 1 saturated heterocycles. The van der Waals surface area contributed by atoms with E-state index in [1.165, 1.54) is 32.2 Å². The Morgan fingerprint density at radius 3 is 2.19 bits per heavy atom. The minimum absolute atomic E-state index is 0.295. The second-order valence-electron chi connectivity index (χ2n) is 7.89. The number of nitrogens with zero attached hydrogens (tertiary/aromatic N) is 1. The predicted octanol–water partition coefficient (Wildman–Crippen LogP) is 4.27. The third kappa shape index (κ3) is 6.82. The van der Waals surface area contributed by atoms with Gasteiger partial charge in [-0.15, -0.1) is 0 Å². The first-order chi connectivity index (χ1) is 9.79. The molecule has 21 heavy (non-hydrogen) atoms. The van der Waals surface area contributed by atoms with E-state index in [4.69, 9.17) is 5.11 Å². The fraction of sp³-hybridized carbons (Fsp3) is 0.944. The van der Waals surface area contributed by atoms with Gasteiger partial charge in [-0.1, -0.05) is 34.6 Å². The SMILES string of the molecule is CC(C)CC(CC(C)C)N1CCCC(C(C)CC(=O)O)C1. The quantitative estimate of drug-likeness (QED) is 0.727. The Balaban J connectivity index is 2.64. The molecule has 1 rings (SSSR count). The third-order valence-electron chi connectivity index (χ3n) is 4.79. The Morgan fingerprint density at radius 1 is 1.14 bits per heavy atom. The molecule has 0 bridgehead atoms. The van der Waals surface area contributed by atoms with Gasteiger partial charge in [0.25, 0.3) is 0 Å². The van der Waals surface area contributed by atoms with E-state index in [2.05, 4.69) is 39.5 Å². The van der Waals surface area contributed by atoms with Crippen molar-refractivity contribution < 1.29 is 9.90 Å². The van der Waals surface area contributed by atoms with E-state index in [1.807, 2.05) is 0 Å². The standard InChI is InChI=1S/C18H35NO2/c1-13(2)9-17(10-14(3)4)19-8-6-7-16(12-19)15(5)11-18(20)21/h13-17H,6-12H2,1-5H3,(H,20,21). The van der Waals surface area contributed by atoms with Gasteiger partial charge < -0.3 is 10.0 Å². The summed E-state index contributed by atoms with van der Waals surface area (Å²) in [5, 5.41) is 9.01. The highest BCUT2D eigenvalue weighted by atomic mass is 16.4. The number of carboxylic acids is 1. The zero-order valence-corrected chi connectivity index (χ0v) is 14.6. The van der Waals surface area contributed by atoms with Crippen molar-refractivity contribution in [1.82, 2.24) is 4.90 Å². The summed E-state index contributed by atoms with van der Waals surface area (Å²) >= 11 is 0. The van der Waals surface area contributed by atoms with Crippen molar-refractivity contribution in [2.24, 2.45) is 23.7 Å². The number of piperidine rings is 1. The van der Waals surface area contributed by atoms with E-state index in [1.54, 1.807) is 0 Å². The molecular weight excluding hydrogens is 262 g/mol. The van der Waals surface area contributed by atoms with Crippen LogP contribution in [0.1, 0.15) is 66.7 Å². The topological polar surface area (TPSA) is 40.5 Å². The molecule has 1 aliphatic heterocycles. The van der Waals surface area contributed by atoms with Gasteiger partial charge in [0.2, 0.25) is 0 Å². The molecule has 0 aliphatic carbocycles. The smallest absolute Gasteiger partial charge is 0.303 e. The molecular formula is C18H35NO2. The predicted molar refractivity (Wildman–Crippen MR) is 88.4 cm³/mol. The van der Waals surface area contributed by atoms with Crippen LogP contribution < -0.4 is 0 Å². The van der Waals surface area contributed by atoms with E-state index in [0.717, 1.165) is 18.4 Å². The number of hydrogen-bond donors (Lipinski definition) is 1. The maximum Gasteiger partial charge on any atom is 0.303 e. The first-order valence-electron chi connectivity index (χ1n) is 8.75. The lowest BCUT2D eigenvalue weighted by molar-refractivity contribution is -0.138. The number of carbonyl (C=O) groups is 1. The maximum absolute atomic E-state index is 10.9. The molecule has 0 spiro atoms. The van der Waals surface area contributed by atoms with Crippen LogP contribution >= 0.6 is 0 Å². The number of rotatable bonds is 8.